The zero-order valence-electron chi connectivity index (χ0n) is 17.7. The number of quaternary nitrogens is 1. The van der Waals surface area contributed by atoms with Crippen LogP contribution in [0.3, 0.4) is 0 Å². The van der Waals surface area contributed by atoms with Crippen LogP contribution in [-0.2, 0) is 11.2 Å². The van der Waals surface area contributed by atoms with E-state index in [0.717, 1.165) is 10.9 Å². The van der Waals surface area contributed by atoms with Crippen molar-refractivity contribution in [3.05, 3.63) is 34.9 Å². The second-order valence-electron chi connectivity index (χ2n) is 8.48. The molecule has 1 heterocycles. The molecule has 0 aliphatic carbocycles. The Morgan fingerprint density at radius 3 is 2.19 bits per heavy atom. The summed E-state index contributed by atoms with van der Waals surface area (Å²) in [6, 6.07) is 6.62. The Hall–Kier alpha value is -1.15. The zero-order valence-corrected chi connectivity index (χ0v) is 17.7. The molecular formula is C24H40NO+. The van der Waals surface area contributed by atoms with Crippen LogP contribution in [0.1, 0.15) is 81.9 Å². The Morgan fingerprint density at radius 2 is 1.62 bits per heavy atom. The van der Waals surface area contributed by atoms with Crippen LogP contribution in [0.2, 0.25) is 0 Å². The van der Waals surface area contributed by atoms with E-state index in [1.54, 1.807) is 0 Å². The molecular weight excluding hydrogens is 318 g/mol. The van der Waals surface area contributed by atoms with Crippen LogP contribution in [0.4, 0.5) is 0 Å². The zero-order chi connectivity index (χ0) is 19.0. The number of Topliss-reactive ketones (excluding diaryl/α,β-unsaturated/α-hetero) is 1. The minimum Gasteiger partial charge on any atom is -0.315 e. The molecule has 146 valence electrons. The maximum atomic E-state index is 13.6. The first-order valence-corrected chi connectivity index (χ1v) is 11.0. The number of rotatable bonds is 10. The third-order valence-electron chi connectivity index (χ3n) is 6.52. The van der Waals surface area contributed by atoms with Crippen molar-refractivity contribution in [2.24, 2.45) is 0 Å². The lowest BCUT2D eigenvalue weighted by molar-refractivity contribution is -0.947. The van der Waals surface area contributed by atoms with E-state index in [1.165, 1.54) is 81.3 Å². The Morgan fingerprint density at radius 1 is 1.00 bits per heavy atom. The van der Waals surface area contributed by atoms with E-state index in [0.29, 0.717) is 12.2 Å². The first-order chi connectivity index (χ1) is 12.5. The van der Waals surface area contributed by atoms with Gasteiger partial charge in [-0.2, -0.15) is 0 Å². The van der Waals surface area contributed by atoms with Crippen LogP contribution >= 0.6 is 0 Å². The normalized spacial score (nSPS) is 17.8. The van der Waals surface area contributed by atoms with E-state index in [4.69, 9.17) is 0 Å². The minimum absolute atomic E-state index is 0.209. The molecule has 0 bridgehead atoms. The number of ketones is 1. The third-order valence-corrected chi connectivity index (χ3v) is 6.52. The predicted octanol–water partition coefficient (Wildman–Crippen LogP) is 5.77. The van der Waals surface area contributed by atoms with Crippen molar-refractivity contribution in [2.45, 2.75) is 91.5 Å². The molecule has 1 aromatic rings. The lowest BCUT2D eigenvalue weighted by atomic mass is 9.90. The Kier molecular flexibility index (Phi) is 8.34. The van der Waals surface area contributed by atoms with E-state index in [9.17, 15) is 4.79 Å². The van der Waals surface area contributed by atoms with Crippen molar-refractivity contribution >= 4 is 5.78 Å². The van der Waals surface area contributed by atoms with Gasteiger partial charge in [0.15, 0.2) is 5.78 Å². The number of piperidine rings is 1. The quantitative estimate of drug-likeness (QED) is 0.485. The summed E-state index contributed by atoms with van der Waals surface area (Å²) in [4.78, 5) is 13.6. The highest BCUT2D eigenvalue weighted by Crippen LogP contribution is 2.29. The molecule has 0 N–H and O–H groups in total. The lowest BCUT2D eigenvalue weighted by Gasteiger charge is -2.47. The molecule has 26 heavy (non-hydrogen) atoms. The van der Waals surface area contributed by atoms with Crippen LogP contribution < -0.4 is 0 Å². The number of carbonyl (C=O) groups excluding carboxylic acids is 1. The molecule has 1 aliphatic rings. The number of aryl methyl sites for hydroxylation is 2. The molecule has 1 saturated heterocycles. The van der Waals surface area contributed by atoms with Gasteiger partial charge in [0.2, 0.25) is 0 Å². The molecule has 1 fully saturated rings. The van der Waals surface area contributed by atoms with E-state index in [1.807, 2.05) is 0 Å². The van der Waals surface area contributed by atoms with Gasteiger partial charge in [0.25, 0.3) is 0 Å². The highest BCUT2D eigenvalue weighted by atomic mass is 16.1. The first-order valence-electron chi connectivity index (χ1n) is 11.0. The molecule has 2 nitrogen and oxygen atoms in total. The number of hydrogen-bond donors (Lipinski definition) is 0. The highest BCUT2D eigenvalue weighted by molar-refractivity contribution is 5.85. The van der Waals surface area contributed by atoms with E-state index < -0.39 is 0 Å². The maximum Gasteiger partial charge on any atom is 0.194 e. The molecule has 0 saturated carbocycles. The van der Waals surface area contributed by atoms with Gasteiger partial charge in [-0.05, 0) is 62.6 Å². The van der Waals surface area contributed by atoms with Gasteiger partial charge in [-0.15, -0.1) is 0 Å². The van der Waals surface area contributed by atoms with Gasteiger partial charge in [0.05, 0.1) is 19.6 Å². The third kappa shape index (κ3) is 5.19. The van der Waals surface area contributed by atoms with Gasteiger partial charge in [-0.3, -0.25) is 4.79 Å². The fraction of sp³-hybridized carbons (Fsp3) is 0.708. The molecule has 0 unspecified atom stereocenters. The summed E-state index contributed by atoms with van der Waals surface area (Å²) in [5.74, 6) is 0.494. The number of nitrogens with zero attached hydrogens (tertiary/aromatic N) is 1. The van der Waals surface area contributed by atoms with Crippen molar-refractivity contribution in [2.75, 3.05) is 19.6 Å². The lowest BCUT2D eigenvalue weighted by Crippen LogP contribution is -2.61. The summed E-state index contributed by atoms with van der Waals surface area (Å²) in [5.41, 5.74) is 3.81. The van der Waals surface area contributed by atoms with E-state index >= 15 is 0 Å². The Balaban J connectivity index is 2.27. The molecule has 0 aromatic heterocycles. The standard InChI is InChI=1S/C24H40NO/c1-5-7-15-23(25(16-8-6-2)17-10-9-11-18-25)24(26)19-22-20(3)13-12-14-21(22)4/h12-14,23H,5-11,15-19H2,1-4H3/q+1/t23-/m0/s1. The molecule has 2 rings (SSSR count). The molecule has 1 aliphatic heterocycles. The molecule has 0 spiro atoms. The fourth-order valence-corrected chi connectivity index (χ4v) is 4.86. The number of unbranched alkanes of at least 4 members (excludes halogenated alkanes) is 2. The Bertz CT molecular complexity index is 551. The van der Waals surface area contributed by atoms with Crippen LogP contribution in [0, 0.1) is 13.8 Å². The molecule has 1 aromatic carbocycles. The smallest absolute Gasteiger partial charge is 0.194 e. The van der Waals surface area contributed by atoms with Crippen molar-refractivity contribution in [3.8, 4) is 0 Å². The van der Waals surface area contributed by atoms with Gasteiger partial charge < -0.3 is 4.48 Å². The summed E-state index contributed by atoms with van der Waals surface area (Å²) < 4.78 is 1.08. The van der Waals surface area contributed by atoms with Gasteiger partial charge in [-0.25, -0.2) is 0 Å². The van der Waals surface area contributed by atoms with E-state index in [2.05, 4.69) is 45.9 Å². The second-order valence-corrected chi connectivity index (χ2v) is 8.48. The number of benzene rings is 1. The average Bonchev–Trinajstić information content (AvgIpc) is 2.64. The van der Waals surface area contributed by atoms with Crippen molar-refractivity contribution < 1.29 is 9.28 Å². The molecule has 1 atom stereocenters. The number of carbonyl (C=O) groups is 1. The number of likely N-dealkylation sites (tertiary alicyclic amines) is 1. The number of hydrogen-bond acceptors (Lipinski definition) is 1. The largest absolute Gasteiger partial charge is 0.315 e. The molecule has 0 amide bonds. The highest BCUT2D eigenvalue weighted by Gasteiger charge is 2.41. The van der Waals surface area contributed by atoms with Crippen LogP contribution in [0.25, 0.3) is 0 Å². The van der Waals surface area contributed by atoms with Crippen molar-refractivity contribution in [3.63, 3.8) is 0 Å². The first kappa shape index (κ1) is 21.2. The summed E-state index contributed by atoms with van der Waals surface area (Å²) in [5, 5.41) is 0. The second kappa shape index (κ2) is 10.3. The van der Waals surface area contributed by atoms with Gasteiger partial charge in [0.1, 0.15) is 6.04 Å². The minimum atomic E-state index is 0.209. The summed E-state index contributed by atoms with van der Waals surface area (Å²) >= 11 is 0. The fourth-order valence-electron chi connectivity index (χ4n) is 4.86. The van der Waals surface area contributed by atoms with Gasteiger partial charge >= 0.3 is 0 Å². The van der Waals surface area contributed by atoms with E-state index in [-0.39, 0.29) is 6.04 Å². The monoisotopic (exact) mass is 358 g/mol. The van der Waals surface area contributed by atoms with Crippen LogP contribution in [0.15, 0.2) is 18.2 Å². The van der Waals surface area contributed by atoms with Crippen LogP contribution in [0.5, 0.6) is 0 Å². The van der Waals surface area contributed by atoms with Crippen molar-refractivity contribution in [1.82, 2.24) is 0 Å². The van der Waals surface area contributed by atoms with Gasteiger partial charge in [-0.1, -0.05) is 44.9 Å². The SMILES string of the molecule is CCCC[C@@H](C(=O)Cc1c(C)cccc1C)[N+]1(CCCC)CCCCC1. The maximum absolute atomic E-state index is 13.6. The summed E-state index contributed by atoms with van der Waals surface area (Å²) in [7, 11) is 0. The van der Waals surface area contributed by atoms with Crippen LogP contribution in [-0.4, -0.2) is 35.9 Å². The topological polar surface area (TPSA) is 17.1 Å². The van der Waals surface area contributed by atoms with Crippen molar-refractivity contribution in [1.29, 1.82) is 0 Å². The van der Waals surface area contributed by atoms with Gasteiger partial charge in [0, 0.05) is 12.8 Å². The summed E-state index contributed by atoms with van der Waals surface area (Å²) in [6.07, 6.45) is 10.5. The predicted molar refractivity (Wildman–Crippen MR) is 112 cm³/mol. The molecule has 0 radical (unpaired) electrons. The average molecular weight is 359 g/mol. The Labute approximate surface area is 161 Å². The summed E-state index contributed by atoms with van der Waals surface area (Å²) in [6.45, 7) is 12.5. The molecule has 2 heteroatoms.